The molecule has 0 atom stereocenters. The molecule has 1 saturated carbocycles. The fourth-order valence-corrected chi connectivity index (χ4v) is 3.61. The third-order valence-corrected chi connectivity index (χ3v) is 5.52. The number of benzene rings is 2. The fraction of sp³-hybridized carbons (Fsp3) is 0.278. The molecule has 1 aliphatic rings. The van der Waals surface area contributed by atoms with E-state index in [1.54, 1.807) is 0 Å². The van der Waals surface area contributed by atoms with Gasteiger partial charge in [0.25, 0.3) is 5.91 Å². The lowest BCUT2D eigenvalue weighted by Gasteiger charge is -2.11. The van der Waals surface area contributed by atoms with Gasteiger partial charge in [0.1, 0.15) is 5.75 Å². The molecule has 1 amide bonds. The molecular formula is C18H19ClN2O4S. The lowest BCUT2D eigenvalue weighted by atomic mass is 10.2. The van der Waals surface area contributed by atoms with E-state index in [9.17, 15) is 13.2 Å². The highest BCUT2D eigenvalue weighted by Crippen LogP contribution is 2.27. The van der Waals surface area contributed by atoms with Crippen molar-refractivity contribution in [2.75, 3.05) is 6.61 Å². The van der Waals surface area contributed by atoms with Gasteiger partial charge in [-0.1, -0.05) is 41.9 Å². The summed E-state index contributed by atoms with van der Waals surface area (Å²) in [5.41, 5.74) is 0.851. The number of ether oxygens (including phenoxy) is 1. The number of rotatable bonds is 8. The monoisotopic (exact) mass is 394 g/mol. The summed E-state index contributed by atoms with van der Waals surface area (Å²) in [4.78, 5) is 11.7. The van der Waals surface area contributed by atoms with E-state index in [0.717, 1.165) is 18.4 Å². The van der Waals surface area contributed by atoms with Gasteiger partial charge in [-0.15, -0.1) is 0 Å². The summed E-state index contributed by atoms with van der Waals surface area (Å²) in [5.74, 6) is 0.0458. The second-order valence-corrected chi connectivity index (χ2v) is 8.21. The number of carbonyl (C=O) groups is 1. The summed E-state index contributed by atoms with van der Waals surface area (Å²) in [6, 6.07) is 13.6. The summed E-state index contributed by atoms with van der Waals surface area (Å²) < 4.78 is 32.7. The number of hydrogen-bond donors (Lipinski definition) is 2. The molecule has 0 aliphatic heterocycles. The second kappa shape index (κ2) is 8.07. The lowest BCUT2D eigenvalue weighted by molar-refractivity contribution is -0.123. The molecule has 0 bridgehead atoms. The Bertz CT molecular complexity index is 883. The molecule has 2 N–H and O–H groups in total. The highest BCUT2D eigenvalue weighted by atomic mass is 35.5. The van der Waals surface area contributed by atoms with Gasteiger partial charge in [-0.05, 0) is 36.6 Å². The van der Waals surface area contributed by atoms with E-state index in [4.69, 9.17) is 16.3 Å². The molecular weight excluding hydrogens is 376 g/mol. The van der Waals surface area contributed by atoms with Crippen molar-refractivity contribution in [2.24, 2.45) is 0 Å². The molecule has 26 heavy (non-hydrogen) atoms. The van der Waals surface area contributed by atoms with Crippen LogP contribution in [0.5, 0.6) is 5.75 Å². The van der Waals surface area contributed by atoms with E-state index >= 15 is 0 Å². The molecule has 0 saturated heterocycles. The first-order valence-electron chi connectivity index (χ1n) is 8.19. The van der Waals surface area contributed by atoms with Gasteiger partial charge in [0.15, 0.2) is 6.61 Å². The molecule has 1 aliphatic carbocycles. The van der Waals surface area contributed by atoms with E-state index in [-0.39, 0.29) is 40.8 Å². The second-order valence-electron chi connectivity index (χ2n) is 6.03. The zero-order chi connectivity index (χ0) is 18.6. The Morgan fingerprint density at radius 3 is 2.54 bits per heavy atom. The minimum Gasteiger partial charge on any atom is -0.482 e. The van der Waals surface area contributed by atoms with Crippen LogP contribution in [0.1, 0.15) is 18.4 Å². The number of nitrogens with one attached hydrogen (secondary N) is 2. The van der Waals surface area contributed by atoms with Crippen LogP contribution in [0.3, 0.4) is 0 Å². The molecule has 0 aromatic heterocycles. The SMILES string of the molecule is O=C(COc1ccc(S(=O)(=O)NCc2ccccc2)cc1Cl)NC1CC1. The summed E-state index contributed by atoms with van der Waals surface area (Å²) in [5, 5.41) is 2.93. The van der Waals surface area contributed by atoms with Crippen LogP contribution in [0.4, 0.5) is 0 Å². The van der Waals surface area contributed by atoms with Gasteiger partial charge in [0.05, 0.1) is 9.92 Å². The van der Waals surface area contributed by atoms with Crippen LogP contribution >= 0.6 is 11.6 Å². The molecule has 0 spiro atoms. The third-order valence-electron chi connectivity index (χ3n) is 3.82. The average Bonchev–Trinajstić information content (AvgIpc) is 3.44. The Morgan fingerprint density at radius 2 is 1.88 bits per heavy atom. The number of hydrogen-bond acceptors (Lipinski definition) is 4. The Morgan fingerprint density at radius 1 is 1.15 bits per heavy atom. The Kier molecular flexibility index (Phi) is 5.80. The van der Waals surface area contributed by atoms with Crippen LogP contribution in [0.2, 0.25) is 5.02 Å². The third kappa shape index (κ3) is 5.20. The zero-order valence-corrected chi connectivity index (χ0v) is 15.5. The minimum absolute atomic E-state index is 0.0354. The number of halogens is 1. The first-order valence-corrected chi connectivity index (χ1v) is 10.1. The fourth-order valence-electron chi connectivity index (χ4n) is 2.26. The van der Waals surface area contributed by atoms with Crippen molar-refractivity contribution in [3.8, 4) is 5.75 Å². The van der Waals surface area contributed by atoms with Gasteiger partial charge in [0, 0.05) is 12.6 Å². The van der Waals surface area contributed by atoms with E-state index in [0.29, 0.717) is 0 Å². The van der Waals surface area contributed by atoms with Gasteiger partial charge < -0.3 is 10.1 Å². The van der Waals surface area contributed by atoms with Crippen LogP contribution in [0, 0.1) is 0 Å². The van der Waals surface area contributed by atoms with Crippen LogP contribution in [-0.4, -0.2) is 27.0 Å². The molecule has 138 valence electrons. The maximum Gasteiger partial charge on any atom is 0.258 e. The van der Waals surface area contributed by atoms with E-state index in [1.807, 2.05) is 30.3 Å². The van der Waals surface area contributed by atoms with Crippen molar-refractivity contribution in [3.63, 3.8) is 0 Å². The lowest BCUT2D eigenvalue weighted by Crippen LogP contribution is -2.30. The smallest absolute Gasteiger partial charge is 0.258 e. The molecule has 0 unspecified atom stereocenters. The summed E-state index contributed by atoms with van der Waals surface area (Å²) in [7, 11) is -3.71. The largest absolute Gasteiger partial charge is 0.482 e. The van der Waals surface area contributed by atoms with Crippen molar-refractivity contribution in [3.05, 3.63) is 59.1 Å². The highest BCUT2D eigenvalue weighted by Gasteiger charge is 2.23. The number of sulfonamides is 1. The number of amides is 1. The molecule has 8 heteroatoms. The zero-order valence-electron chi connectivity index (χ0n) is 13.9. The van der Waals surface area contributed by atoms with Gasteiger partial charge in [-0.25, -0.2) is 13.1 Å². The van der Waals surface area contributed by atoms with Crippen molar-refractivity contribution >= 4 is 27.5 Å². The average molecular weight is 395 g/mol. The quantitative estimate of drug-likeness (QED) is 0.720. The minimum atomic E-state index is -3.71. The topological polar surface area (TPSA) is 84.5 Å². The Hall–Kier alpha value is -2.09. The summed E-state index contributed by atoms with van der Waals surface area (Å²) in [6.45, 7) is 0.0228. The summed E-state index contributed by atoms with van der Waals surface area (Å²) >= 11 is 6.11. The molecule has 2 aromatic rings. The standard InChI is InChI=1S/C18H19ClN2O4S/c19-16-10-15(26(23,24)20-11-13-4-2-1-3-5-13)8-9-17(16)25-12-18(22)21-14-6-7-14/h1-5,8-10,14,20H,6-7,11-12H2,(H,21,22). The van der Waals surface area contributed by atoms with Crippen molar-refractivity contribution in [2.45, 2.75) is 30.3 Å². The van der Waals surface area contributed by atoms with Gasteiger partial charge in [0.2, 0.25) is 10.0 Å². The Labute approximate surface area is 157 Å². The van der Waals surface area contributed by atoms with E-state index in [1.165, 1.54) is 18.2 Å². The first kappa shape index (κ1) is 18.7. The predicted octanol–water partition coefficient (Wildman–Crippen LogP) is 2.48. The molecule has 3 rings (SSSR count). The van der Waals surface area contributed by atoms with Crippen molar-refractivity contribution in [1.29, 1.82) is 0 Å². The van der Waals surface area contributed by atoms with Crippen LogP contribution in [-0.2, 0) is 21.4 Å². The predicted molar refractivity (Wildman–Crippen MR) is 98.6 cm³/mol. The van der Waals surface area contributed by atoms with Crippen molar-refractivity contribution in [1.82, 2.24) is 10.0 Å². The van der Waals surface area contributed by atoms with Crippen LogP contribution in [0.15, 0.2) is 53.4 Å². The first-order chi connectivity index (χ1) is 12.4. The molecule has 0 heterocycles. The maximum atomic E-state index is 12.4. The maximum absolute atomic E-state index is 12.4. The molecule has 2 aromatic carbocycles. The van der Waals surface area contributed by atoms with Crippen LogP contribution in [0.25, 0.3) is 0 Å². The normalized spacial score (nSPS) is 14.0. The Balaban J connectivity index is 1.60. The highest BCUT2D eigenvalue weighted by molar-refractivity contribution is 7.89. The van der Waals surface area contributed by atoms with Crippen molar-refractivity contribution < 1.29 is 17.9 Å². The van der Waals surface area contributed by atoms with Crippen LogP contribution < -0.4 is 14.8 Å². The molecule has 6 nitrogen and oxygen atoms in total. The number of carbonyl (C=O) groups excluding carboxylic acids is 1. The van der Waals surface area contributed by atoms with Gasteiger partial charge in [-0.2, -0.15) is 0 Å². The van der Waals surface area contributed by atoms with Gasteiger partial charge in [-0.3, -0.25) is 4.79 Å². The summed E-state index contributed by atoms with van der Waals surface area (Å²) in [6.07, 6.45) is 1.99. The molecule has 1 fully saturated rings. The van der Waals surface area contributed by atoms with Gasteiger partial charge >= 0.3 is 0 Å². The van der Waals surface area contributed by atoms with E-state index < -0.39 is 10.0 Å². The van der Waals surface area contributed by atoms with E-state index in [2.05, 4.69) is 10.0 Å². The molecule has 0 radical (unpaired) electrons.